The lowest BCUT2D eigenvalue weighted by molar-refractivity contribution is 0.0937. The molecule has 0 saturated heterocycles. The van der Waals surface area contributed by atoms with E-state index in [2.05, 4.69) is 20.6 Å². The molecule has 2 saturated carbocycles. The van der Waals surface area contributed by atoms with Crippen LogP contribution in [0.2, 0.25) is 0 Å². The molecule has 1 aromatic rings. The highest BCUT2D eigenvalue weighted by Crippen LogP contribution is 2.21. The summed E-state index contributed by atoms with van der Waals surface area (Å²) >= 11 is 0. The zero-order valence-corrected chi connectivity index (χ0v) is 11.8. The molecule has 108 valence electrons. The zero-order valence-electron chi connectivity index (χ0n) is 11.8. The Morgan fingerprint density at radius 1 is 0.950 bits per heavy atom. The number of anilines is 1. The van der Waals surface area contributed by atoms with Gasteiger partial charge in [-0.25, -0.2) is 9.97 Å². The number of rotatable bonds is 4. The zero-order chi connectivity index (χ0) is 13.8. The fourth-order valence-electron chi connectivity index (χ4n) is 3.11. The highest BCUT2D eigenvalue weighted by atomic mass is 16.1. The molecule has 0 bridgehead atoms. The molecule has 5 nitrogen and oxygen atoms in total. The van der Waals surface area contributed by atoms with E-state index < -0.39 is 0 Å². The average molecular weight is 274 g/mol. The van der Waals surface area contributed by atoms with E-state index in [0.29, 0.717) is 23.6 Å². The van der Waals surface area contributed by atoms with Crippen molar-refractivity contribution >= 4 is 11.9 Å². The van der Waals surface area contributed by atoms with Crippen LogP contribution < -0.4 is 10.6 Å². The van der Waals surface area contributed by atoms with E-state index in [4.69, 9.17) is 0 Å². The third-order valence-corrected chi connectivity index (χ3v) is 4.29. The fourth-order valence-corrected chi connectivity index (χ4v) is 3.11. The number of carbonyl (C=O) groups is 1. The predicted molar refractivity (Wildman–Crippen MR) is 77.6 cm³/mol. The number of nitrogens with zero attached hydrogens (tertiary/aromatic N) is 2. The second-order valence-electron chi connectivity index (χ2n) is 5.88. The van der Waals surface area contributed by atoms with Gasteiger partial charge in [-0.1, -0.05) is 25.7 Å². The van der Waals surface area contributed by atoms with Crippen molar-refractivity contribution < 1.29 is 4.79 Å². The van der Waals surface area contributed by atoms with Gasteiger partial charge < -0.3 is 10.6 Å². The van der Waals surface area contributed by atoms with Crippen LogP contribution in [0.3, 0.4) is 0 Å². The number of amides is 1. The van der Waals surface area contributed by atoms with Crippen LogP contribution >= 0.6 is 0 Å². The standard InChI is InChI=1S/C15H22N4O/c20-14(18-12-5-1-2-6-12)11-9-16-15(17-10-11)19-13-7-3-4-8-13/h9-10,12-13H,1-8H2,(H,18,20)(H,16,17,19). The highest BCUT2D eigenvalue weighted by molar-refractivity contribution is 5.93. The molecule has 0 radical (unpaired) electrons. The smallest absolute Gasteiger partial charge is 0.254 e. The molecule has 1 aromatic heterocycles. The fraction of sp³-hybridized carbons (Fsp3) is 0.667. The van der Waals surface area contributed by atoms with Gasteiger partial charge in [-0.05, 0) is 25.7 Å². The molecule has 0 unspecified atom stereocenters. The quantitative estimate of drug-likeness (QED) is 0.885. The summed E-state index contributed by atoms with van der Waals surface area (Å²) in [5.74, 6) is 0.582. The average Bonchev–Trinajstić information content (AvgIpc) is 3.13. The Labute approximate surface area is 119 Å². The van der Waals surface area contributed by atoms with Crippen molar-refractivity contribution in [1.82, 2.24) is 15.3 Å². The maximum Gasteiger partial charge on any atom is 0.254 e. The lowest BCUT2D eigenvalue weighted by Gasteiger charge is -2.13. The van der Waals surface area contributed by atoms with Crippen LogP contribution in [-0.4, -0.2) is 28.0 Å². The van der Waals surface area contributed by atoms with Crippen LogP contribution in [-0.2, 0) is 0 Å². The third-order valence-electron chi connectivity index (χ3n) is 4.29. The van der Waals surface area contributed by atoms with Crippen LogP contribution in [0.1, 0.15) is 61.7 Å². The SMILES string of the molecule is O=C(NC1CCCC1)c1cnc(NC2CCCC2)nc1. The van der Waals surface area contributed by atoms with E-state index in [0.717, 1.165) is 12.8 Å². The molecule has 2 fully saturated rings. The van der Waals surface area contributed by atoms with Crippen molar-refractivity contribution in [2.45, 2.75) is 63.5 Å². The summed E-state index contributed by atoms with van der Waals surface area (Å²) in [4.78, 5) is 20.6. The molecular weight excluding hydrogens is 252 g/mol. The lowest BCUT2D eigenvalue weighted by Crippen LogP contribution is -2.32. The maximum absolute atomic E-state index is 12.0. The maximum atomic E-state index is 12.0. The van der Waals surface area contributed by atoms with Crippen LogP contribution in [0.25, 0.3) is 0 Å². The Balaban J connectivity index is 1.55. The Bertz CT molecular complexity index is 447. The largest absolute Gasteiger partial charge is 0.351 e. The molecule has 5 heteroatoms. The van der Waals surface area contributed by atoms with Gasteiger partial charge >= 0.3 is 0 Å². The van der Waals surface area contributed by atoms with Gasteiger partial charge in [-0.15, -0.1) is 0 Å². The van der Waals surface area contributed by atoms with Gasteiger partial charge in [0.05, 0.1) is 5.56 Å². The number of nitrogens with one attached hydrogen (secondary N) is 2. The first-order valence-electron chi connectivity index (χ1n) is 7.71. The van der Waals surface area contributed by atoms with Gasteiger partial charge in [0.2, 0.25) is 5.95 Å². The molecule has 20 heavy (non-hydrogen) atoms. The predicted octanol–water partition coefficient (Wildman–Crippen LogP) is 2.50. The summed E-state index contributed by atoms with van der Waals surface area (Å²) in [6, 6.07) is 0.826. The third kappa shape index (κ3) is 3.26. The molecule has 2 aliphatic carbocycles. The van der Waals surface area contributed by atoms with Crippen molar-refractivity contribution in [2.75, 3.05) is 5.32 Å². The number of hydrogen-bond donors (Lipinski definition) is 2. The van der Waals surface area contributed by atoms with Gasteiger partial charge in [0.1, 0.15) is 0 Å². The molecule has 0 spiro atoms. The van der Waals surface area contributed by atoms with E-state index in [1.165, 1.54) is 38.5 Å². The van der Waals surface area contributed by atoms with Gasteiger partial charge in [0.25, 0.3) is 5.91 Å². The Hall–Kier alpha value is -1.65. The van der Waals surface area contributed by atoms with Crippen LogP contribution in [0.5, 0.6) is 0 Å². The van der Waals surface area contributed by atoms with E-state index in [9.17, 15) is 4.79 Å². The Morgan fingerprint density at radius 3 is 2.10 bits per heavy atom. The Morgan fingerprint density at radius 2 is 1.50 bits per heavy atom. The first kappa shape index (κ1) is 13.3. The molecule has 0 aliphatic heterocycles. The lowest BCUT2D eigenvalue weighted by atomic mass is 10.2. The number of hydrogen-bond acceptors (Lipinski definition) is 4. The minimum Gasteiger partial charge on any atom is -0.351 e. The van der Waals surface area contributed by atoms with Gasteiger partial charge in [-0.3, -0.25) is 4.79 Å². The van der Waals surface area contributed by atoms with Crippen molar-refractivity contribution in [2.24, 2.45) is 0 Å². The van der Waals surface area contributed by atoms with Crippen molar-refractivity contribution in [3.8, 4) is 0 Å². The summed E-state index contributed by atoms with van der Waals surface area (Å²) in [6.45, 7) is 0. The molecule has 3 rings (SSSR count). The second kappa shape index (κ2) is 6.20. The Kier molecular flexibility index (Phi) is 4.14. The van der Waals surface area contributed by atoms with Crippen molar-refractivity contribution in [1.29, 1.82) is 0 Å². The van der Waals surface area contributed by atoms with Crippen LogP contribution in [0.15, 0.2) is 12.4 Å². The van der Waals surface area contributed by atoms with Crippen molar-refractivity contribution in [3.05, 3.63) is 18.0 Å². The molecule has 2 aliphatic rings. The summed E-state index contributed by atoms with van der Waals surface area (Å²) in [5.41, 5.74) is 0.550. The van der Waals surface area contributed by atoms with E-state index >= 15 is 0 Å². The summed E-state index contributed by atoms with van der Waals surface area (Å²) in [6.07, 6.45) is 12.8. The topological polar surface area (TPSA) is 66.9 Å². The minimum absolute atomic E-state index is 0.0516. The molecule has 1 heterocycles. The first-order valence-corrected chi connectivity index (χ1v) is 7.71. The minimum atomic E-state index is -0.0516. The summed E-state index contributed by atoms with van der Waals surface area (Å²) in [7, 11) is 0. The summed E-state index contributed by atoms with van der Waals surface area (Å²) in [5, 5.41) is 6.37. The molecule has 1 amide bonds. The molecule has 0 aromatic carbocycles. The van der Waals surface area contributed by atoms with E-state index in [1.807, 2.05) is 0 Å². The van der Waals surface area contributed by atoms with Crippen molar-refractivity contribution in [3.63, 3.8) is 0 Å². The number of carbonyl (C=O) groups excluding carboxylic acids is 1. The molecule has 2 N–H and O–H groups in total. The molecule has 0 atom stereocenters. The normalized spacial score (nSPS) is 20.2. The van der Waals surface area contributed by atoms with Gasteiger partial charge in [0, 0.05) is 24.5 Å². The highest BCUT2D eigenvalue weighted by Gasteiger charge is 2.19. The summed E-state index contributed by atoms with van der Waals surface area (Å²) < 4.78 is 0. The first-order chi connectivity index (χ1) is 9.81. The second-order valence-corrected chi connectivity index (χ2v) is 5.88. The van der Waals surface area contributed by atoms with Crippen LogP contribution in [0, 0.1) is 0 Å². The van der Waals surface area contributed by atoms with Gasteiger partial charge in [-0.2, -0.15) is 0 Å². The monoisotopic (exact) mass is 274 g/mol. The van der Waals surface area contributed by atoms with Crippen LogP contribution in [0.4, 0.5) is 5.95 Å². The van der Waals surface area contributed by atoms with Gasteiger partial charge in [0.15, 0.2) is 0 Å². The molecular formula is C15H22N4O. The van der Waals surface area contributed by atoms with E-state index in [1.54, 1.807) is 12.4 Å². The van der Waals surface area contributed by atoms with E-state index in [-0.39, 0.29) is 5.91 Å². The number of aromatic nitrogens is 2.